The van der Waals surface area contributed by atoms with Gasteiger partial charge >= 0.3 is 0 Å². The summed E-state index contributed by atoms with van der Waals surface area (Å²) in [4.78, 5) is 23.4. The van der Waals surface area contributed by atoms with Crippen LogP contribution in [-0.4, -0.2) is 33.9 Å². The summed E-state index contributed by atoms with van der Waals surface area (Å²) in [5, 5.41) is 4.41. The van der Waals surface area contributed by atoms with Crippen LogP contribution >= 0.6 is 0 Å². The Balaban J connectivity index is 1.86. The van der Waals surface area contributed by atoms with Gasteiger partial charge in [0.05, 0.1) is 28.7 Å². The first-order valence-electron chi connectivity index (χ1n) is 9.08. The quantitative estimate of drug-likeness (QED) is 0.676. The molecule has 0 aliphatic rings. The lowest BCUT2D eigenvalue weighted by molar-refractivity contribution is 0.0755. The van der Waals surface area contributed by atoms with E-state index >= 15 is 0 Å². The molecular formula is C21H24N4O. The third-order valence-corrected chi connectivity index (χ3v) is 4.17. The van der Waals surface area contributed by atoms with Crippen LogP contribution in [0, 0.1) is 0 Å². The Bertz CT molecular complexity index is 883. The number of hydrogen-bond acceptors (Lipinski definition) is 4. The summed E-state index contributed by atoms with van der Waals surface area (Å²) in [7, 11) is 0. The Morgan fingerprint density at radius 2 is 1.85 bits per heavy atom. The molecule has 0 aliphatic heterocycles. The number of fused-ring (bicyclic) bond motifs is 1. The minimum Gasteiger partial charge on any atom is -0.352 e. The summed E-state index contributed by atoms with van der Waals surface area (Å²) in [5.41, 5.74) is 3.17. The van der Waals surface area contributed by atoms with Crippen molar-refractivity contribution in [3.8, 4) is 0 Å². The summed E-state index contributed by atoms with van der Waals surface area (Å²) >= 11 is 0. The maximum Gasteiger partial charge on any atom is 0.255 e. The molecule has 0 bridgehead atoms. The second-order valence-electron chi connectivity index (χ2n) is 6.26. The van der Waals surface area contributed by atoms with E-state index in [0.717, 1.165) is 48.2 Å². The van der Waals surface area contributed by atoms with Crippen molar-refractivity contribution in [1.82, 2.24) is 14.9 Å². The van der Waals surface area contributed by atoms with E-state index in [1.807, 2.05) is 41.3 Å². The van der Waals surface area contributed by atoms with Crippen LogP contribution in [0.15, 0.2) is 55.0 Å². The van der Waals surface area contributed by atoms with Gasteiger partial charge in [-0.05, 0) is 31.0 Å². The lowest BCUT2D eigenvalue weighted by Crippen LogP contribution is -2.32. The highest BCUT2D eigenvalue weighted by atomic mass is 16.2. The highest BCUT2D eigenvalue weighted by Gasteiger charge is 2.15. The molecule has 0 saturated heterocycles. The lowest BCUT2D eigenvalue weighted by atomic mass is 10.1. The zero-order valence-corrected chi connectivity index (χ0v) is 15.3. The smallest absolute Gasteiger partial charge is 0.255 e. The van der Waals surface area contributed by atoms with Gasteiger partial charge in [0.25, 0.3) is 5.91 Å². The molecule has 134 valence electrons. The third kappa shape index (κ3) is 3.99. The van der Waals surface area contributed by atoms with Crippen molar-refractivity contribution in [2.45, 2.75) is 26.7 Å². The van der Waals surface area contributed by atoms with Gasteiger partial charge in [0.2, 0.25) is 0 Å². The van der Waals surface area contributed by atoms with E-state index in [0.29, 0.717) is 5.56 Å². The summed E-state index contributed by atoms with van der Waals surface area (Å²) in [6, 6.07) is 11.8. The van der Waals surface area contributed by atoms with Crippen LogP contribution in [0.1, 0.15) is 37.0 Å². The predicted molar refractivity (Wildman–Crippen MR) is 106 cm³/mol. The van der Waals surface area contributed by atoms with Gasteiger partial charge in [0, 0.05) is 30.9 Å². The number of benzene rings is 1. The van der Waals surface area contributed by atoms with Gasteiger partial charge in [0.15, 0.2) is 0 Å². The Morgan fingerprint density at radius 1 is 1.08 bits per heavy atom. The molecule has 1 aromatic carbocycles. The van der Waals surface area contributed by atoms with E-state index in [9.17, 15) is 4.79 Å². The molecule has 0 unspecified atom stereocenters. The first kappa shape index (κ1) is 17.9. The molecule has 1 N–H and O–H groups in total. The average Bonchev–Trinajstić information content (AvgIpc) is 2.68. The molecule has 2 heterocycles. The van der Waals surface area contributed by atoms with Crippen molar-refractivity contribution in [3.05, 3.63) is 60.6 Å². The van der Waals surface area contributed by atoms with Crippen LogP contribution in [0.25, 0.3) is 10.9 Å². The fourth-order valence-electron chi connectivity index (χ4n) is 3.02. The molecule has 3 aromatic rings. The number of nitrogens with one attached hydrogen (secondary N) is 1. The standard InChI is InChI=1S/C21H24N4O/c1-3-11-25(12-4-2)21(26)17-13-18(15-22-14-17)24-19-9-5-7-16-8-6-10-23-20(16)19/h5-10,13-15,24H,3-4,11-12H2,1-2H3. The number of hydrogen-bond donors (Lipinski definition) is 1. The fourth-order valence-corrected chi connectivity index (χ4v) is 3.02. The number of pyridine rings is 2. The van der Waals surface area contributed by atoms with Crippen LogP contribution in [0.2, 0.25) is 0 Å². The first-order valence-corrected chi connectivity index (χ1v) is 9.08. The highest BCUT2D eigenvalue weighted by molar-refractivity contribution is 5.96. The molecule has 0 radical (unpaired) electrons. The summed E-state index contributed by atoms with van der Waals surface area (Å²) in [6.07, 6.45) is 7.02. The molecule has 3 rings (SSSR count). The topological polar surface area (TPSA) is 58.1 Å². The number of nitrogens with zero attached hydrogens (tertiary/aromatic N) is 3. The van der Waals surface area contributed by atoms with Crippen molar-refractivity contribution in [2.75, 3.05) is 18.4 Å². The SMILES string of the molecule is CCCN(CCC)C(=O)c1cncc(Nc2cccc3cccnc23)c1. The number of aromatic nitrogens is 2. The van der Waals surface area contributed by atoms with Crippen LogP contribution in [0.3, 0.4) is 0 Å². The van der Waals surface area contributed by atoms with Gasteiger partial charge in [-0.1, -0.05) is 32.0 Å². The fraction of sp³-hybridized carbons (Fsp3) is 0.286. The monoisotopic (exact) mass is 348 g/mol. The zero-order chi connectivity index (χ0) is 18.4. The van der Waals surface area contributed by atoms with E-state index in [-0.39, 0.29) is 5.91 Å². The minimum atomic E-state index is 0.0286. The van der Waals surface area contributed by atoms with E-state index in [4.69, 9.17) is 0 Å². The Kier molecular flexibility index (Phi) is 5.79. The van der Waals surface area contributed by atoms with Crippen molar-refractivity contribution in [2.24, 2.45) is 0 Å². The maximum atomic E-state index is 12.8. The number of anilines is 2. The maximum absolute atomic E-state index is 12.8. The second-order valence-corrected chi connectivity index (χ2v) is 6.26. The Morgan fingerprint density at radius 3 is 2.62 bits per heavy atom. The molecule has 2 aromatic heterocycles. The van der Waals surface area contributed by atoms with Gasteiger partial charge in [-0.2, -0.15) is 0 Å². The van der Waals surface area contributed by atoms with Gasteiger partial charge in [-0.15, -0.1) is 0 Å². The molecule has 0 aliphatic carbocycles. The van der Waals surface area contributed by atoms with Gasteiger partial charge in [-0.25, -0.2) is 0 Å². The first-order chi connectivity index (χ1) is 12.7. The third-order valence-electron chi connectivity index (χ3n) is 4.17. The van der Waals surface area contributed by atoms with E-state index in [1.54, 1.807) is 18.6 Å². The molecule has 26 heavy (non-hydrogen) atoms. The van der Waals surface area contributed by atoms with Crippen LogP contribution in [0.4, 0.5) is 11.4 Å². The zero-order valence-electron chi connectivity index (χ0n) is 15.3. The molecule has 1 amide bonds. The average molecular weight is 348 g/mol. The van der Waals surface area contributed by atoms with Gasteiger partial charge < -0.3 is 10.2 Å². The van der Waals surface area contributed by atoms with Crippen LogP contribution < -0.4 is 5.32 Å². The summed E-state index contributed by atoms with van der Waals surface area (Å²) < 4.78 is 0. The number of amides is 1. The second kappa shape index (κ2) is 8.43. The molecular weight excluding hydrogens is 324 g/mol. The molecule has 5 nitrogen and oxygen atoms in total. The molecule has 0 spiro atoms. The number of carbonyl (C=O) groups is 1. The minimum absolute atomic E-state index is 0.0286. The number of rotatable bonds is 7. The molecule has 0 fully saturated rings. The number of carbonyl (C=O) groups excluding carboxylic acids is 1. The normalized spacial score (nSPS) is 10.7. The highest BCUT2D eigenvalue weighted by Crippen LogP contribution is 2.24. The molecule has 0 atom stereocenters. The Hall–Kier alpha value is -2.95. The van der Waals surface area contributed by atoms with Gasteiger partial charge in [0.1, 0.15) is 0 Å². The largest absolute Gasteiger partial charge is 0.352 e. The van der Waals surface area contributed by atoms with E-state index < -0.39 is 0 Å². The van der Waals surface area contributed by atoms with Crippen LogP contribution in [-0.2, 0) is 0 Å². The van der Waals surface area contributed by atoms with Crippen molar-refractivity contribution in [3.63, 3.8) is 0 Å². The summed E-state index contributed by atoms with van der Waals surface area (Å²) in [5.74, 6) is 0.0286. The molecule has 5 heteroatoms. The van der Waals surface area contributed by atoms with E-state index in [1.165, 1.54) is 0 Å². The Labute approximate surface area is 154 Å². The van der Waals surface area contributed by atoms with Crippen LogP contribution in [0.5, 0.6) is 0 Å². The predicted octanol–water partition coefficient (Wildman–Crippen LogP) is 4.64. The van der Waals surface area contributed by atoms with Gasteiger partial charge in [-0.3, -0.25) is 14.8 Å². The lowest BCUT2D eigenvalue weighted by Gasteiger charge is -2.21. The summed E-state index contributed by atoms with van der Waals surface area (Å²) in [6.45, 7) is 5.69. The van der Waals surface area contributed by atoms with E-state index in [2.05, 4.69) is 29.1 Å². The van der Waals surface area contributed by atoms with Crippen molar-refractivity contribution >= 4 is 28.2 Å². The number of para-hydroxylation sites is 1. The molecule has 0 saturated carbocycles. The van der Waals surface area contributed by atoms with Crippen molar-refractivity contribution < 1.29 is 4.79 Å². The van der Waals surface area contributed by atoms with Crippen molar-refractivity contribution in [1.29, 1.82) is 0 Å².